The second-order valence-electron chi connectivity index (χ2n) is 5.99. The number of rotatable bonds is 9. The first-order valence-corrected chi connectivity index (χ1v) is 9.34. The predicted octanol–water partition coefficient (Wildman–Crippen LogP) is 4.95. The van der Waals surface area contributed by atoms with Crippen molar-refractivity contribution in [2.24, 2.45) is 0 Å². The molecule has 0 bridgehead atoms. The molecular formula is C21H26ClNO3. The molecule has 1 amide bonds. The van der Waals surface area contributed by atoms with E-state index in [2.05, 4.69) is 5.32 Å². The number of carbonyl (C=O) groups is 1. The predicted molar refractivity (Wildman–Crippen MR) is 105 cm³/mol. The molecule has 0 radical (unpaired) electrons. The van der Waals surface area contributed by atoms with Crippen LogP contribution >= 0.6 is 11.6 Å². The zero-order chi connectivity index (χ0) is 18.9. The SMILES string of the molecule is CCOc1ccc([C@@H](C)NC(=O)CCc2ccc(Cl)cc2)cc1OCC. The van der Waals surface area contributed by atoms with Crippen LogP contribution in [0.25, 0.3) is 0 Å². The average molecular weight is 376 g/mol. The molecule has 0 saturated heterocycles. The standard InChI is InChI=1S/C21H26ClNO3/c1-4-25-19-12-9-17(14-20(19)26-5-2)15(3)23-21(24)13-8-16-6-10-18(22)11-7-16/h6-7,9-12,14-15H,4-5,8,13H2,1-3H3,(H,23,24)/t15-/m1/s1. The van der Waals surface area contributed by atoms with Crippen LogP contribution < -0.4 is 14.8 Å². The van der Waals surface area contributed by atoms with Gasteiger partial charge in [0, 0.05) is 11.4 Å². The Labute approximate surface area is 160 Å². The molecule has 0 saturated carbocycles. The third kappa shape index (κ3) is 5.95. The Balaban J connectivity index is 1.95. The van der Waals surface area contributed by atoms with Gasteiger partial charge in [0.15, 0.2) is 11.5 Å². The maximum absolute atomic E-state index is 12.3. The van der Waals surface area contributed by atoms with Crippen molar-refractivity contribution in [3.05, 3.63) is 58.6 Å². The van der Waals surface area contributed by atoms with Crippen molar-refractivity contribution >= 4 is 17.5 Å². The maximum atomic E-state index is 12.3. The number of ether oxygens (including phenoxy) is 2. The van der Waals surface area contributed by atoms with Crippen molar-refractivity contribution in [1.29, 1.82) is 0 Å². The Morgan fingerprint density at radius 2 is 1.69 bits per heavy atom. The summed E-state index contributed by atoms with van der Waals surface area (Å²) in [5.41, 5.74) is 2.08. The number of amides is 1. The lowest BCUT2D eigenvalue weighted by atomic mass is 10.1. The van der Waals surface area contributed by atoms with E-state index in [0.29, 0.717) is 36.8 Å². The molecule has 0 fully saturated rings. The second kappa shape index (κ2) is 10.1. The highest BCUT2D eigenvalue weighted by Gasteiger charge is 2.13. The number of benzene rings is 2. The van der Waals surface area contributed by atoms with E-state index >= 15 is 0 Å². The molecule has 4 nitrogen and oxygen atoms in total. The van der Waals surface area contributed by atoms with Crippen LogP contribution in [-0.2, 0) is 11.2 Å². The maximum Gasteiger partial charge on any atom is 0.220 e. The molecule has 1 atom stereocenters. The highest BCUT2D eigenvalue weighted by Crippen LogP contribution is 2.30. The Hall–Kier alpha value is -2.20. The van der Waals surface area contributed by atoms with Crippen molar-refractivity contribution in [3.63, 3.8) is 0 Å². The van der Waals surface area contributed by atoms with E-state index < -0.39 is 0 Å². The minimum Gasteiger partial charge on any atom is -0.490 e. The number of carbonyl (C=O) groups excluding carboxylic acids is 1. The highest BCUT2D eigenvalue weighted by atomic mass is 35.5. The molecular weight excluding hydrogens is 350 g/mol. The van der Waals surface area contributed by atoms with Crippen molar-refractivity contribution in [2.75, 3.05) is 13.2 Å². The zero-order valence-corrected chi connectivity index (χ0v) is 16.3. The quantitative estimate of drug-likeness (QED) is 0.674. The van der Waals surface area contributed by atoms with Gasteiger partial charge in [-0.05, 0) is 62.6 Å². The largest absolute Gasteiger partial charge is 0.490 e. The van der Waals surface area contributed by atoms with Crippen LogP contribution in [0.2, 0.25) is 5.02 Å². The lowest BCUT2D eigenvalue weighted by Gasteiger charge is -2.17. The van der Waals surface area contributed by atoms with Gasteiger partial charge in [-0.1, -0.05) is 29.8 Å². The van der Waals surface area contributed by atoms with Gasteiger partial charge in [-0.3, -0.25) is 4.79 Å². The van der Waals surface area contributed by atoms with Gasteiger partial charge in [0.1, 0.15) is 0 Å². The Morgan fingerprint density at radius 1 is 1.04 bits per heavy atom. The van der Waals surface area contributed by atoms with E-state index in [-0.39, 0.29) is 11.9 Å². The molecule has 2 aromatic rings. The summed E-state index contributed by atoms with van der Waals surface area (Å²) in [6.07, 6.45) is 1.12. The molecule has 0 aliphatic carbocycles. The second-order valence-corrected chi connectivity index (χ2v) is 6.42. The van der Waals surface area contributed by atoms with Gasteiger partial charge in [0.25, 0.3) is 0 Å². The van der Waals surface area contributed by atoms with E-state index in [1.165, 1.54) is 0 Å². The number of nitrogens with one attached hydrogen (secondary N) is 1. The normalized spacial score (nSPS) is 11.7. The summed E-state index contributed by atoms with van der Waals surface area (Å²) in [5.74, 6) is 1.44. The van der Waals surface area contributed by atoms with Gasteiger partial charge in [-0.2, -0.15) is 0 Å². The van der Waals surface area contributed by atoms with E-state index in [4.69, 9.17) is 21.1 Å². The number of hydrogen-bond acceptors (Lipinski definition) is 3. The minimum absolute atomic E-state index is 0.0132. The molecule has 1 N–H and O–H groups in total. The van der Waals surface area contributed by atoms with Gasteiger partial charge < -0.3 is 14.8 Å². The summed E-state index contributed by atoms with van der Waals surface area (Å²) in [7, 11) is 0. The molecule has 0 heterocycles. The first kappa shape index (κ1) is 20.1. The highest BCUT2D eigenvalue weighted by molar-refractivity contribution is 6.30. The van der Waals surface area contributed by atoms with Crippen molar-refractivity contribution < 1.29 is 14.3 Å². The molecule has 0 unspecified atom stereocenters. The van der Waals surface area contributed by atoms with Crippen LogP contribution in [0.5, 0.6) is 11.5 Å². The number of halogens is 1. The van der Waals surface area contributed by atoms with Gasteiger partial charge in [0.2, 0.25) is 5.91 Å². The van der Waals surface area contributed by atoms with Crippen LogP contribution in [0.1, 0.15) is 44.4 Å². The summed E-state index contributed by atoms with van der Waals surface area (Å²) < 4.78 is 11.2. The van der Waals surface area contributed by atoms with E-state index in [9.17, 15) is 4.79 Å². The molecule has 0 spiro atoms. The van der Waals surface area contributed by atoms with Crippen LogP contribution in [-0.4, -0.2) is 19.1 Å². The van der Waals surface area contributed by atoms with Gasteiger partial charge >= 0.3 is 0 Å². The Kier molecular flexibility index (Phi) is 7.79. The fourth-order valence-electron chi connectivity index (χ4n) is 2.64. The smallest absolute Gasteiger partial charge is 0.220 e. The summed E-state index contributed by atoms with van der Waals surface area (Å²) >= 11 is 5.88. The van der Waals surface area contributed by atoms with Crippen molar-refractivity contribution in [3.8, 4) is 11.5 Å². The fourth-order valence-corrected chi connectivity index (χ4v) is 2.77. The fraction of sp³-hybridized carbons (Fsp3) is 0.381. The van der Waals surface area contributed by atoms with E-state index in [1.807, 2.05) is 63.2 Å². The van der Waals surface area contributed by atoms with Gasteiger partial charge in [-0.15, -0.1) is 0 Å². The monoisotopic (exact) mass is 375 g/mol. The topological polar surface area (TPSA) is 47.6 Å². The molecule has 2 rings (SSSR count). The first-order chi connectivity index (χ1) is 12.5. The molecule has 2 aromatic carbocycles. The molecule has 0 aliphatic rings. The van der Waals surface area contributed by atoms with Crippen LogP contribution in [0, 0.1) is 0 Å². The third-order valence-corrected chi connectivity index (χ3v) is 4.25. The summed E-state index contributed by atoms with van der Waals surface area (Å²) in [4.78, 5) is 12.3. The molecule has 140 valence electrons. The number of aryl methyl sites for hydroxylation is 1. The summed E-state index contributed by atoms with van der Waals surface area (Å²) in [5, 5.41) is 3.74. The summed E-state index contributed by atoms with van der Waals surface area (Å²) in [6.45, 7) is 6.98. The summed E-state index contributed by atoms with van der Waals surface area (Å²) in [6, 6.07) is 13.2. The lowest BCUT2D eigenvalue weighted by Crippen LogP contribution is -2.26. The number of hydrogen-bond donors (Lipinski definition) is 1. The van der Waals surface area contributed by atoms with Crippen molar-refractivity contribution in [1.82, 2.24) is 5.32 Å². The van der Waals surface area contributed by atoms with Gasteiger partial charge in [0.05, 0.1) is 19.3 Å². The van der Waals surface area contributed by atoms with Crippen LogP contribution in [0.15, 0.2) is 42.5 Å². The lowest BCUT2D eigenvalue weighted by molar-refractivity contribution is -0.121. The molecule has 5 heteroatoms. The third-order valence-electron chi connectivity index (χ3n) is 4.00. The van der Waals surface area contributed by atoms with Crippen LogP contribution in [0.3, 0.4) is 0 Å². The first-order valence-electron chi connectivity index (χ1n) is 8.96. The van der Waals surface area contributed by atoms with Gasteiger partial charge in [-0.25, -0.2) is 0 Å². The van der Waals surface area contributed by atoms with Crippen molar-refractivity contribution in [2.45, 2.75) is 39.7 Å². The Morgan fingerprint density at radius 3 is 2.35 bits per heavy atom. The average Bonchev–Trinajstić information content (AvgIpc) is 2.63. The molecule has 0 aliphatic heterocycles. The molecule has 26 heavy (non-hydrogen) atoms. The minimum atomic E-state index is -0.109. The van der Waals surface area contributed by atoms with Crippen LogP contribution in [0.4, 0.5) is 0 Å². The molecule has 0 aromatic heterocycles. The zero-order valence-electron chi connectivity index (χ0n) is 15.5. The van der Waals surface area contributed by atoms with E-state index in [0.717, 1.165) is 16.9 Å². The Bertz CT molecular complexity index is 716. The van der Waals surface area contributed by atoms with E-state index in [1.54, 1.807) is 0 Å².